The number of nitrogens with zero attached hydrogens (tertiary/aromatic N) is 6. The number of hydrogen-bond donors (Lipinski definition) is 0. The van der Waals surface area contributed by atoms with E-state index in [1.807, 2.05) is 6.07 Å². The van der Waals surface area contributed by atoms with Gasteiger partial charge in [-0.15, -0.1) is 5.10 Å². The third-order valence-electron chi connectivity index (χ3n) is 6.05. The van der Waals surface area contributed by atoms with E-state index in [4.69, 9.17) is 16.3 Å². The Morgan fingerprint density at radius 2 is 1.80 bits per heavy atom. The van der Waals surface area contributed by atoms with Crippen molar-refractivity contribution in [1.29, 1.82) is 5.26 Å². The van der Waals surface area contributed by atoms with Crippen molar-refractivity contribution in [2.75, 3.05) is 7.11 Å². The summed E-state index contributed by atoms with van der Waals surface area (Å²) in [6, 6.07) is 10.7. The van der Waals surface area contributed by atoms with Crippen molar-refractivity contribution in [2.24, 2.45) is 0 Å². The predicted octanol–water partition coefficient (Wildman–Crippen LogP) is 4.31. The van der Waals surface area contributed by atoms with Crippen LogP contribution < -0.4 is 16.0 Å². The van der Waals surface area contributed by atoms with Gasteiger partial charge < -0.3 is 4.74 Å². The number of hydrogen-bond acceptors (Lipinski definition) is 7. The van der Waals surface area contributed by atoms with Gasteiger partial charge >= 0.3 is 5.69 Å². The van der Waals surface area contributed by atoms with Gasteiger partial charge in [0.25, 0.3) is 5.56 Å². The molecule has 3 heterocycles. The van der Waals surface area contributed by atoms with Crippen LogP contribution in [0.2, 0.25) is 5.02 Å². The molecule has 5 rings (SSSR count). The second kappa shape index (κ2) is 10.3. The lowest BCUT2D eigenvalue weighted by atomic mass is 10.1. The summed E-state index contributed by atoms with van der Waals surface area (Å²) in [6.07, 6.45) is 1.42. The highest BCUT2D eigenvalue weighted by molar-refractivity contribution is 6.33. The molecule has 0 radical (unpaired) electrons. The molecule has 9 nitrogen and oxygen atoms in total. The van der Waals surface area contributed by atoms with Gasteiger partial charge in [0, 0.05) is 5.56 Å². The van der Waals surface area contributed by atoms with E-state index in [-0.39, 0.29) is 44.4 Å². The Bertz CT molecular complexity index is 1980. The normalized spacial score (nSPS) is 11.0. The van der Waals surface area contributed by atoms with Crippen LogP contribution in [0.4, 0.5) is 13.2 Å². The molecule has 2 aromatic carbocycles. The minimum Gasteiger partial charge on any atom is -0.480 e. The number of ether oxygens (including phenoxy) is 1. The van der Waals surface area contributed by atoms with E-state index in [1.165, 1.54) is 43.6 Å². The summed E-state index contributed by atoms with van der Waals surface area (Å²) >= 11 is 6.38. The zero-order valence-corrected chi connectivity index (χ0v) is 21.5. The lowest BCUT2D eigenvalue weighted by molar-refractivity contribution is 0.403. The van der Waals surface area contributed by atoms with E-state index in [0.29, 0.717) is 11.1 Å². The molecule has 0 unspecified atom stereocenters. The topological polar surface area (TPSA) is 116 Å². The van der Waals surface area contributed by atoms with Crippen molar-refractivity contribution < 1.29 is 17.9 Å². The summed E-state index contributed by atoms with van der Waals surface area (Å²) in [6.45, 7) is 1.20. The molecule has 0 fully saturated rings. The first kappa shape index (κ1) is 26.6. The molecule has 0 atom stereocenters. The lowest BCUT2D eigenvalue weighted by Crippen LogP contribution is -2.40. The smallest absolute Gasteiger partial charge is 0.337 e. The van der Waals surface area contributed by atoms with Crippen LogP contribution in [-0.4, -0.2) is 31.4 Å². The summed E-state index contributed by atoms with van der Waals surface area (Å²) in [5.74, 6) is -4.88. The maximum atomic E-state index is 14.1. The van der Waals surface area contributed by atoms with Crippen LogP contribution in [0.1, 0.15) is 16.7 Å². The molecule has 0 aliphatic rings. The molecule has 3 aromatic heterocycles. The minimum absolute atomic E-state index is 0.0303. The standard InChI is InChI=1S/C27H16ClF3N6O3/c1-13-5-22(35-33-11-13)37-26(38)23-21(36(27(37)39)12-15-7-18(29)24(31)19(30)8-15)9-20(34-25(23)40-2)16-6-14(10-32)3-4-17(16)28/h3-9,11H,12H2,1-2H3. The van der Waals surface area contributed by atoms with Crippen LogP contribution in [0.3, 0.4) is 0 Å². The monoisotopic (exact) mass is 564 g/mol. The Morgan fingerprint density at radius 3 is 2.45 bits per heavy atom. The SMILES string of the molecule is COc1nc(-c2cc(C#N)ccc2Cl)cc2c1c(=O)n(-c1cc(C)cnn1)c(=O)n2Cc1cc(F)c(F)c(F)c1. The van der Waals surface area contributed by atoms with Crippen molar-refractivity contribution >= 4 is 22.5 Å². The highest BCUT2D eigenvalue weighted by atomic mass is 35.5. The number of benzene rings is 2. The van der Waals surface area contributed by atoms with Gasteiger partial charge in [0.15, 0.2) is 23.3 Å². The fraction of sp³-hybridized carbons (Fsp3) is 0.111. The molecule has 0 aliphatic heterocycles. The summed E-state index contributed by atoms with van der Waals surface area (Å²) in [7, 11) is 1.26. The van der Waals surface area contributed by atoms with Crippen molar-refractivity contribution in [3.8, 4) is 29.0 Å². The fourth-order valence-corrected chi connectivity index (χ4v) is 4.43. The van der Waals surface area contributed by atoms with Gasteiger partial charge in [-0.1, -0.05) is 11.6 Å². The third-order valence-corrected chi connectivity index (χ3v) is 6.38. The average Bonchev–Trinajstić information content (AvgIpc) is 2.93. The lowest BCUT2D eigenvalue weighted by Gasteiger charge is -2.17. The molecule has 0 saturated heterocycles. The first-order valence-corrected chi connectivity index (χ1v) is 11.9. The van der Waals surface area contributed by atoms with Crippen LogP contribution in [-0.2, 0) is 6.54 Å². The molecule has 0 amide bonds. The summed E-state index contributed by atoms with van der Waals surface area (Å²) in [5, 5.41) is 17.1. The number of halogens is 4. The Balaban J connectivity index is 1.90. The Kier molecular flexibility index (Phi) is 6.83. The van der Waals surface area contributed by atoms with Gasteiger partial charge in [0.05, 0.1) is 47.7 Å². The minimum atomic E-state index is -1.67. The highest BCUT2D eigenvalue weighted by Gasteiger charge is 2.23. The van der Waals surface area contributed by atoms with Crippen LogP contribution in [0, 0.1) is 35.7 Å². The molecule has 0 spiro atoms. The van der Waals surface area contributed by atoms with E-state index in [0.717, 1.165) is 21.3 Å². The Labute approximate surface area is 228 Å². The van der Waals surface area contributed by atoms with E-state index in [1.54, 1.807) is 6.92 Å². The van der Waals surface area contributed by atoms with Crippen molar-refractivity contribution in [1.82, 2.24) is 24.3 Å². The van der Waals surface area contributed by atoms with Gasteiger partial charge in [-0.25, -0.2) is 27.5 Å². The molecule has 0 bridgehead atoms. The molecule has 40 heavy (non-hydrogen) atoms. The van der Waals surface area contributed by atoms with Gasteiger partial charge in [-0.05, 0) is 60.5 Å². The Morgan fingerprint density at radius 1 is 1.07 bits per heavy atom. The van der Waals surface area contributed by atoms with E-state index in [2.05, 4.69) is 15.2 Å². The molecule has 13 heteroatoms. The van der Waals surface area contributed by atoms with Crippen molar-refractivity contribution in [3.05, 3.63) is 109 Å². The third kappa shape index (κ3) is 4.56. The first-order valence-electron chi connectivity index (χ1n) is 11.5. The fourth-order valence-electron chi connectivity index (χ4n) is 4.22. The number of nitriles is 1. The van der Waals surface area contributed by atoms with Gasteiger partial charge in [0.2, 0.25) is 5.88 Å². The summed E-state index contributed by atoms with van der Waals surface area (Å²) < 4.78 is 49.0. The number of methoxy groups -OCH3 is 1. The highest BCUT2D eigenvalue weighted by Crippen LogP contribution is 2.32. The molecule has 0 aliphatic carbocycles. The van der Waals surface area contributed by atoms with E-state index in [9.17, 15) is 28.0 Å². The van der Waals surface area contributed by atoms with Crippen LogP contribution in [0.5, 0.6) is 5.88 Å². The second-order valence-electron chi connectivity index (χ2n) is 8.69. The largest absolute Gasteiger partial charge is 0.480 e. The number of pyridine rings is 1. The van der Waals surface area contributed by atoms with Gasteiger partial charge in [-0.2, -0.15) is 10.4 Å². The zero-order chi connectivity index (χ0) is 28.7. The van der Waals surface area contributed by atoms with Crippen molar-refractivity contribution in [2.45, 2.75) is 13.5 Å². The summed E-state index contributed by atoms with van der Waals surface area (Å²) in [5.41, 5.74) is -0.615. The van der Waals surface area contributed by atoms with Crippen molar-refractivity contribution in [3.63, 3.8) is 0 Å². The first-order chi connectivity index (χ1) is 19.1. The number of fused-ring (bicyclic) bond motifs is 1. The van der Waals surface area contributed by atoms with Crippen LogP contribution in [0.15, 0.2) is 58.3 Å². The molecule has 0 saturated carbocycles. The quantitative estimate of drug-likeness (QED) is 0.292. The second-order valence-corrected chi connectivity index (χ2v) is 9.10. The maximum absolute atomic E-state index is 14.1. The predicted molar refractivity (Wildman–Crippen MR) is 139 cm³/mol. The molecule has 0 N–H and O–H groups in total. The number of rotatable bonds is 5. The van der Waals surface area contributed by atoms with E-state index < -0.39 is 35.2 Å². The van der Waals surface area contributed by atoms with Gasteiger partial charge in [-0.3, -0.25) is 9.36 Å². The average molecular weight is 565 g/mol. The maximum Gasteiger partial charge on any atom is 0.337 e. The summed E-state index contributed by atoms with van der Waals surface area (Å²) in [4.78, 5) is 32.0. The molecule has 5 aromatic rings. The van der Waals surface area contributed by atoms with Gasteiger partial charge in [0.1, 0.15) is 5.39 Å². The zero-order valence-electron chi connectivity index (χ0n) is 20.7. The Hall–Kier alpha value is -5.02. The van der Waals surface area contributed by atoms with Crippen LogP contribution in [0.25, 0.3) is 28.0 Å². The molecular formula is C27H16ClF3N6O3. The molecule has 200 valence electrons. The van der Waals surface area contributed by atoms with E-state index >= 15 is 0 Å². The van der Waals surface area contributed by atoms with Crippen LogP contribution >= 0.6 is 11.6 Å². The number of aromatic nitrogens is 5. The molecular weight excluding hydrogens is 549 g/mol. The number of aryl methyl sites for hydroxylation is 1.